The quantitative estimate of drug-likeness (QED) is 0.806. The molecule has 2 fully saturated rings. The second-order valence-corrected chi connectivity index (χ2v) is 6.93. The summed E-state index contributed by atoms with van der Waals surface area (Å²) in [4.78, 5) is 17.9. The Morgan fingerprint density at radius 1 is 1.16 bits per heavy atom. The van der Waals surface area contributed by atoms with E-state index in [9.17, 15) is 0 Å². The van der Waals surface area contributed by atoms with E-state index in [4.69, 9.17) is 4.74 Å². The summed E-state index contributed by atoms with van der Waals surface area (Å²) < 4.78 is 5.28. The molecule has 25 heavy (non-hydrogen) atoms. The van der Waals surface area contributed by atoms with Gasteiger partial charge in [0, 0.05) is 50.2 Å². The van der Waals surface area contributed by atoms with Crippen LogP contribution in [0.4, 0.5) is 5.82 Å². The normalized spacial score (nSPS) is 18.9. The Labute approximate surface area is 148 Å². The number of likely N-dealkylation sites (tertiary alicyclic amines) is 1. The number of methoxy groups -OCH3 is 1. The van der Waals surface area contributed by atoms with Gasteiger partial charge in [0.2, 0.25) is 5.88 Å². The standard InChI is InChI=1S/C19H25N5O/c1-25-19-11-18(21-14-22-19)24(16-4-5-16)17-6-9-23(10-7-17)13-15-3-2-8-20-12-15/h2-3,8,11-12,14,16-17H,4-7,9-10,13H2,1H3. The molecule has 0 atom stereocenters. The van der Waals surface area contributed by atoms with Gasteiger partial charge in [-0.1, -0.05) is 6.07 Å². The van der Waals surface area contributed by atoms with Crippen LogP contribution in [0.15, 0.2) is 36.9 Å². The van der Waals surface area contributed by atoms with Crippen molar-refractivity contribution >= 4 is 5.82 Å². The van der Waals surface area contributed by atoms with Crippen molar-refractivity contribution in [3.63, 3.8) is 0 Å². The third-order valence-electron chi connectivity index (χ3n) is 5.12. The number of hydrogen-bond acceptors (Lipinski definition) is 6. The lowest BCUT2D eigenvalue weighted by atomic mass is 10.0. The number of piperidine rings is 1. The van der Waals surface area contributed by atoms with Gasteiger partial charge in [-0.05, 0) is 37.3 Å². The highest BCUT2D eigenvalue weighted by atomic mass is 16.5. The van der Waals surface area contributed by atoms with Crippen LogP contribution in [0.25, 0.3) is 0 Å². The zero-order chi connectivity index (χ0) is 17.1. The van der Waals surface area contributed by atoms with E-state index < -0.39 is 0 Å². The number of aromatic nitrogens is 3. The van der Waals surface area contributed by atoms with Crippen molar-refractivity contribution in [2.45, 2.75) is 44.3 Å². The molecule has 3 heterocycles. The molecule has 0 aromatic carbocycles. The molecule has 1 aliphatic carbocycles. The lowest BCUT2D eigenvalue weighted by Crippen LogP contribution is -2.46. The highest BCUT2D eigenvalue weighted by Crippen LogP contribution is 2.36. The molecule has 0 unspecified atom stereocenters. The fourth-order valence-corrected chi connectivity index (χ4v) is 3.71. The molecule has 2 aromatic rings. The van der Waals surface area contributed by atoms with E-state index in [2.05, 4.69) is 30.8 Å². The third kappa shape index (κ3) is 3.90. The third-order valence-corrected chi connectivity index (χ3v) is 5.12. The first-order chi connectivity index (χ1) is 12.3. The SMILES string of the molecule is COc1cc(N(C2CC2)C2CCN(Cc3cccnc3)CC2)ncn1. The molecule has 1 aliphatic heterocycles. The van der Waals surface area contributed by atoms with Gasteiger partial charge in [0.15, 0.2) is 0 Å². The monoisotopic (exact) mass is 339 g/mol. The summed E-state index contributed by atoms with van der Waals surface area (Å²) in [5.74, 6) is 1.66. The molecule has 0 spiro atoms. The van der Waals surface area contributed by atoms with Crippen LogP contribution < -0.4 is 9.64 Å². The van der Waals surface area contributed by atoms with Gasteiger partial charge in [0.1, 0.15) is 12.1 Å². The molecule has 4 rings (SSSR count). The van der Waals surface area contributed by atoms with E-state index in [1.54, 1.807) is 13.4 Å². The number of anilines is 1. The van der Waals surface area contributed by atoms with Crippen LogP contribution in [0.1, 0.15) is 31.2 Å². The summed E-state index contributed by atoms with van der Waals surface area (Å²) in [7, 11) is 1.66. The van der Waals surface area contributed by atoms with Crippen LogP contribution in [0.5, 0.6) is 5.88 Å². The van der Waals surface area contributed by atoms with Crippen LogP contribution in [0, 0.1) is 0 Å². The number of pyridine rings is 1. The molecule has 1 saturated carbocycles. The molecule has 0 bridgehead atoms. The van der Waals surface area contributed by atoms with Gasteiger partial charge in [0.25, 0.3) is 0 Å². The Bertz CT molecular complexity index is 683. The predicted molar refractivity (Wildman–Crippen MR) is 96.6 cm³/mol. The van der Waals surface area contributed by atoms with Gasteiger partial charge >= 0.3 is 0 Å². The van der Waals surface area contributed by atoms with Crippen molar-refractivity contribution < 1.29 is 4.74 Å². The summed E-state index contributed by atoms with van der Waals surface area (Å²) in [6.07, 6.45) is 10.3. The summed E-state index contributed by atoms with van der Waals surface area (Å²) in [5, 5.41) is 0. The molecule has 2 aliphatic rings. The molecule has 6 heteroatoms. The van der Waals surface area contributed by atoms with Crippen molar-refractivity contribution in [1.82, 2.24) is 19.9 Å². The zero-order valence-corrected chi connectivity index (χ0v) is 14.7. The Hall–Kier alpha value is -2.21. The van der Waals surface area contributed by atoms with E-state index in [0.717, 1.165) is 25.5 Å². The second-order valence-electron chi connectivity index (χ2n) is 6.93. The second kappa shape index (κ2) is 7.35. The van der Waals surface area contributed by atoms with Crippen LogP contribution in [0.3, 0.4) is 0 Å². The summed E-state index contributed by atoms with van der Waals surface area (Å²) in [6.45, 7) is 3.22. The zero-order valence-electron chi connectivity index (χ0n) is 14.7. The topological polar surface area (TPSA) is 54.4 Å². The van der Waals surface area contributed by atoms with Crippen molar-refractivity contribution in [1.29, 1.82) is 0 Å². The molecule has 0 amide bonds. The van der Waals surface area contributed by atoms with Crippen LogP contribution in [-0.4, -0.2) is 52.1 Å². The maximum absolute atomic E-state index is 5.28. The molecular weight excluding hydrogens is 314 g/mol. The Morgan fingerprint density at radius 2 is 1.96 bits per heavy atom. The first-order valence-electron chi connectivity index (χ1n) is 9.09. The van der Waals surface area contributed by atoms with Crippen molar-refractivity contribution in [2.24, 2.45) is 0 Å². The summed E-state index contributed by atoms with van der Waals surface area (Å²) in [5.41, 5.74) is 1.29. The van der Waals surface area contributed by atoms with Crippen molar-refractivity contribution in [3.8, 4) is 5.88 Å². The van der Waals surface area contributed by atoms with Crippen LogP contribution >= 0.6 is 0 Å². The smallest absolute Gasteiger partial charge is 0.218 e. The highest BCUT2D eigenvalue weighted by molar-refractivity contribution is 5.45. The molecule has 0 N–H and O–H groups in total. The maximum Gasteiger partial charge on any atom is 0.218 e. The van der Waals surface area contributed by atoms with Gasteiger partial charge in [-0.15, -0.1) is 0 Å². The van der Waals surface area contributed by atoms with Crippen molar-refractivity contribution in [3.05, 3.63) is 42.5 Å². The Balaban J connectivity index is 1.41. The molecule has 1 saturated heterocycles. The van der Waals surface area contributed by atoms with Gasteiger partial charge in [-0.2, -0.15) is 0 Å². The number of ether oxygens (including phenoxy) is 1. The van der Waals surface area contributed by atoms with E-state index in [1.807, 2.05) is 24.5 Å². The fourth-order valence-electron chi connectivity index (χ4n) is 3.71. The Kier molecular flexibility index (Phi) is 4.78. The van der Waals surface area contributed by atoms with Gasteiger partial charge in [-0.3, -0.25) is 9.88 Å². The van der Waals surface area contributed by atoms with Gasteiger partial charge in [-0.25, -0.2) is 9.97 Å². The minimum atomic E-state index is 0.553. The average molecular weight is 339 g/mol. The molecular formula is C19H25N5O. The maximum atomic E-state index is 5.28. The molecule has 2 aromatic heterocycles. The highest BCUT2D eigenvalue weighted by Gasteiger charge is 2.36. The summed E-state index contributed by atoms with van der Waals surface area (Å²) >= 11 is 0. The number of rotatable bonds is 6. The first kappa shape index (κ1) is 16.3. The molecule has 6 nitrogen and oxygen atoms in total. The Morgan fingerprint density at radius 3 is 2.64 bits per heavy atom. The van der Waals surface area contributed by atoms with Crippen LogP contribution in [0.2, 0.25) is 0 Å². The van der Waals surface area contributed by atoms with E-state index >= 15 is 0 Å². The molecule has 0 radical (unpaired) electrons. The van der Waals surface area contributed by atoms with Gasteiger partial charge < -0.3 is 9.64 Å². The average Bonchev–Trinajstić information content (AvgIpc) is 3.49. The summed E-state index contributed by atoms with van der Waals surface area (Å²) in [6, 6.07) is 7.33. The van der Waals surface area contributed by atoms with Crippen LogP contribution in [-0.2, 0) is 6.54 Å². The number of nitrogens with zero attached hydrogens (tertiary/aromatic N) is 5. The van der Waals surface area contributed by atoms with Crippen molar-refractivity contribution in [2.75, 3.05) is 25.1 Å². The predicted octanol–water partition coefficient (Wildman–Crippen LogP) is 2.51. The minimum Gasteiger partial charge on any atom is -0.481 e. The number of hydrogen-bond donors (Lipinski definition) is 0. The fraction of sp³-hybridized carbons (Fsp3) is 0.526. The van der Waals surface area contributed by atoms with E-state index in [1.165, 1.54) is 31.2 Å². The lowest BCUT2D eigenvalue weighted by Gasteiger charge is -2.39. The first-order valence-corrected chi connectivity index (χ1v) is 9.09. The molecule has 132 valence electrons. The van der Waals surface area contributed by atoms with Gasteiger partial charge in [0.05, 0.1) is 7.11 Å². The van der Waals surface area contributed by atoms with E-state index in [0.29, 0.717) is 18.0 Å². The lowest BCUT2D eigenvalue weighted by molar-refractivity contribution is 0.200. The largest absolute Gasteiger partial charge is 0.481 e. The van der Waals surface area contributed by atoms with E-state index in [-0.39, 0.29) is 0 Å². The minimum absolute atomic E-state index is 0.553.